The van der Waals surface area contributed by atoms with Gasteiger partial charge in [0, 0.05) is 6.07 Å². The monoisotopic (exact) mass is 251 g/mol. The number of methoxy groups -OCH3 is 1. The predicted octanol–water partition coefficient (Wildman–Crippen LogP) is 3.00. The molecular weight excluding hydrogens is 238 g/mol. The summed E-state index contributed by atoms with van der Waals surface area (Å²) < 4.78 is 7.02. The van der Waals surface area contributed by atoms with Gasteiger partial charge in [-0.15, -0.1) is 0 Å². The van der Waals surface area contributed by atoms with E-state index in [1.165, 1.54) is 0 Å². The molecule has 0 saturated heterocycles. The third-order valence-electron chi connectivity index (χ3n) is 3.13. The lowest BCUT2D eigenvalue weighted by molar-refractivity contribution is 0.413. The first-order valence-electron chi connectivity index (χ1n) is 6.05. The zero-order valence-electron chi connectivity index (χ0n) is 10.5. The van der Waals surface area contributed by atoms with Crippen LogP contribution in [0.2, 0.25) is 0 Å². The van der Waals surface area contributed by atoms with E-state index in [0.29, 0.717) is 5.75 Å². The highest BCUT2D eigenvalue weighted by Gasteiger charge is 2.09. The Balaban J connectivity index is 2.42. The fourth-order valence-corrected chi connectivity index (χ4v) is 2.25. The van der Waals surface area contributed by atoms with Crippen molar-refractivity contribution in [2.45, 2.75) is 0 Å². The molecule has 0 unspecified atom stereocenters. The average molecular weight is 251 g/mol. The van der Waals surface area contributed by atoms with Gasteiger partial charge in [-0.05, 0) is 29.7 Å². The third-order valence-corrected chi connectivity index (χ3v) is 3.13. The maximum Gasteiger partial charge on any atom is 0.255 e. The number of nitrogens with zero attached hydrogens (tertiary/aromatic N) is 1. The molecule has 0 saturated carbocycles. The standard InChI is InChI=1S/C16H13NO2/c1-19-15-9-5-4-8-14(15)17-13-7-3-2-6-12(13)10-11-16(17)18/h2-11H,1H3. The Labute approximate surface area is 110 Å². The van der Waals surface area contributed by atoms with Crippen molar-refractivity contribution < 1.29 is 4.74 Å². The topological polar surface area (TPSA) is 31.2 Å². The van der Waals surface area contributed by atoms with E-state index in [1.807, 2.05) is 54.6 Å². The molecule has 3 aromatic rings. The van der Waals surface area contributed by atoms with Crippen molar-refractivity contribution in [2.75, 3.05) is 7.11 Å². The molecular formula is C16H13NO2. The molecule has 1 aromatic heterocycles. The molecule has 1 heterocycles. The second-order valence-corrected chi connectivity index (χ2v) is 4.24. The van der Waals surface area contributed by atoms with Gasteiger partial charge in [0.15, 0.2) is 0 Å². The van der Waals surface area contributed by atoms with Gasteiger partial charge in [-0.3, -0.25) is 9.36 Å². The van der Waals surface area contributed by atoms with Gasteiger partial charge in [-0.2, -0.15) is 0 Å². The molecule has 19 heavy (non-hydrogen) atoms. The van der Waals surface area contributed by atoms with Crippen LogP contribution in [0.5, 0.6) is 5.75 Å². The van der Waals surface area contributed by atoms with Crippen molar-refractivity contribution in [2.24, 2.45) is 0 Å². The number of hydrogen-bond acceptors (Lipinski definition) is 2. The van der Waals surface area contributed by atoms with Gasteiger partial charge in [-0.25, -0.2) is 0 Å². The highest BCUT2D eigenvalue weighted by Crippen LogP contribution is 2.24. The summed E-state index contributed by atoms with van der Waals surface area (Å²) in [4.78, 5) is 12.2. The molecule has 0 spiro atoms. The Kier molecular flexibility index (Phi) is 2.80. The summed E-state index contributed by atoms with van der Waals surface area (Å²) in [6.07, 6.45) is 0. The van der Waals surface area contributed by atoms with Crippen molar-refractivity contribution in [1.82, 2.24) is 4.57 Å². The summed E-state index contributed by atoms with van der Waals surface area (Å²) in [5, 5.41) is 1.02. The number of benzene rings is 2. The second-order valence-electron chi connectivity index (χ2n) is 4.24. The maximum absolute atomic E-state index is 12.2. The molecule has 0 radical (unpaired) electrons. The van der Waals surface area contributed by atoms with Crippen LogP contribution in [0.4, 0.5) is 0 Å². The van der Waals surface area contributed by atoms with Crippen LogP contribution in [0, 0.1) is 0 Å². The SMILES string of the molecule is COc1ccccc1-n1c(=O)ccc2ccccc21. The van der Waals surface area contributed by atoms with Gasteiger partial charge in [0.05, 0.1) is 18.3 Å². The van der Waals surface area contributed by atoms with Crippen LogP contribution in [0.25, 0.3) is 16.6 Å². The van der Waals surface area contributed by atoms with Crippen molar-refractivity contribution in [3.8, 4) is 11.4 Å². The number of pyridine rings is 1. The molecule has 3 heteroatoms. The summed E-state index contributed by atoms with van der Waals surface area (Å²) in [5.74, 6) is 0.681. The van der Waals surface area contributed by atoms with Crippen LogP contribution in [-0.2, 0) is 0 Å². The second kappa shape index (κ2) is 4.61. The quantitative estimate of drug-likeness (QED) is 0.701. The minimum absolute atomic E-state index is 0.0665. The molecule has 0 aliphatic rings. The lowest BCUT2D eigenvalue weighted by Gasteiger charge is -2.13. The van der Waals surface area contributed by atoms with E-state index in [2.05, 4.69) is 0 Å². The van der Waals surface area contributed by atoms with Crippen molar-refractivity contribution in [3.63, 3.8) is 0 Å². The van der Waals surface area contributed by atoms with Crippen molar-refractivity contribution in [1.29, 1.82) is 0 Å². The molecule has 3 rings (SSSR count). The third kappa shape index (κ3) is 1.89. The normalized spacial score (nSPS) is 10.6. The van der Waals surface area contributed by atoms with Gasteiger partial charge in [-0.1, -0.05) is 30.3 Å². The van der Waals surface area contributed by atoms with E-state index in [-0.39, 0.29) is 5.56 Å². The fourth-order valence-electron chi connectivity index (χ4n) is 2.25. The van der Waals surface area contributed by atoms with Crippen LogP contribution in [0.1, 0.15) is 0 Å². The fraction of sp³-hybridized carbons (Fsp3) is 0.0625. The van der Waals surface area contributed by atoms with Gasteiger partial charge in [0.1, 0.15) is 5.75 Å². The van der Waals surface area contributed by atoms with Gasteiger partial charge in [0.2, 0.25) is 0 Å². The average Bonchev–Trinajstić information content (AvgIpc) is 2.47. The summed E-state index contributed by atoms with van der Waals surface area (Å²) in [6.45, 7) is 0. The van der Waals surface area contributed by atoms with E-state index >= 15 is 0 Å². The first-order valence-corrected chi connectivity index (χ1v) is 6.05. The molecule has 0 bridgehead atoms. The highest BCUT2D eigenvalue weighted by atomic mass is 16.5. The summed E-state index contributed by atoms with van der Waals surface area (Å²) in [5.41, 5.74) is 1.56. The lowest BCUT2D eigenvalue weighted by Crippen LogP contribution is -2.17. The summed E-state index contributed by atoms with van der Waals surface area (Å²) in [6, 6.07) is 18.7. The number of ether oxygens (including phenoxy) is 1. The van der Waals surface area contributed by atoms with Gasteiger partial charge in [0.25, 0.3) is 5.56 Å². The first-order chi connectivity index (χ1) is 9.31. The molecule has 0 fully saturated rings. The number of aromatic nitrogens is 1. The van der Waals surface area contributed by atoms with E-state index in [0.717, 1.165) is 16.6 Å². The van der Waals surface area contributed by atoms with Crippen LogP contribution in [0.3, 0.4) is 0 Å². The van der Waals surface area contributed by atoms with E-state index in [9.17, 15) is 4.79 Å². The Bertz CT molecular complexity index is 790. The molecule has 3 nitrogen and oxygen atoms in total. The first kappa shape index (κ1) is 11.5. The van der Waals surface area contributed by atoms with Crippen LogP contribution >= 0.6 is 0 Å². The van der Waals surface area contributed by atoms with Crippen molar-refractivity contribution in [3.05, 3.63) is 71.0 Å². The molecule has 0 aliphatic heterocycles. The lowest BCUT2D eigenvalue weighted by atomic mass is 10.2. The minimum atomic E-state index is -0.0665. The van der Waals surface area contributed by atoms with Crippen LogP contribution < -0.4 is 10.3 Å². The molecule has 2 aromatic carbocycles. The zero-order chi connectivity index (χ0) is 13.2. The smallest absolute Gasteiger partial charge is 0.255 e. The molecule has 0 atom stereocenters. The number of rotatable bonds is 2. The molecule has 0 aliphatic carbocycles. The molecule has 94 valence electrons. The Morgan fingerprint density at radius 1 is 0.895 bits per heavy atom. The minimum Gasteiger partial charge on any atom is -0.495 e. The highest BCUT2D eigenvalue weighted by molar-refractivity contribution is 5.81. The Morgan fingerprint density at radius 2 is 1.63 bits per heavy atom. The number of hydrogen-bond donors (Lipinski definition) is 0. The van der Waals surface area contributed by atoms with Crippen LogP contribution in [0.15, 0.2) is 65.5 Å². The zero-order valence-corrected chi connectivity index (χ0v) is 10.5. The van der Waals surface area contributed by atoms with E-state index < -0.39 is 0 Å². The van der Waals surface area contributed by atoms with Gasteiger partial charge >= 0.3 is 0 Å². The number of fused-ring (bicyclic) bond motifs is 1. The predicted molar refractivity (Wildman–Crippen MR) is 76.1 cm³/mol. The Hall–Kier alpha value is -2.55. The van der Waals surface area contributed by atoms with E-state index in [1.54, 1.807) is 17.7 Å². The Morgan fingerprint density at radius 3 is 2.47 bits per heavy atom. The van der Waals surface area contributed by atoms with Gasteiger partial charge < -0.3 is 4.74 Å². The molecule has 0 N–H and O–H groups in total. The van der Waals surface area contributed by atoms with E-state index in [4.69, 9.17) is 4.74 Å². The molecule has 0 amide bonds. The number of para-hydroxylation sites is 3. The summed E-state index contributed by atoms with van der Waals surface area (Å²) >= 11 is 0. The summed E-state index contributed by atoms with van der Waals surface area (Å²) in [7, 11) is 1.61. The van der Waals surface area contributed by atoms with Crippen LogP contribution in [-0.4, -0.2) is 11.7 Å². The maximum atomic E-state index is 12.2. The largest absolute Gasteiger partial charge is 0.495 e. The van der Waals surface area contributed by atoms with Crippen molar-refractivity contribution >= 4 is 10.9 Å².